The van der Waals surface area contributed by atoms with Crippen molar-refractivity contribution in [1.82, 2.24) is 9.80 Å². The summed E-state index contributed by atoms with van der Waals surface area (Å²) in [6.45, 7) is 4.93. The van der Waals surface area contributed by atoms with Gasteiger partial charge in [0.25, 0.3) is 0 Å². The first-order valence-electron chi connectivity index (χ1n) is 7.00. The molecule has 1 aliphatic rings. The molecule has 0 aromatic carbocycles. The summed E-state index contributed by atoms with van der Waals surface area (Å²) in [5.74, 6) is 0.0891. The number of rotatable bonds is 5. The lowest BCUT2D eigenvalue weighted by Gasteiger charge is -2.23. The van der Waals surface area contributed by atoms with E-state index in [0.29, 0.717) is 19.4 Å². The van der Waals surface area contributed by atoms with Gasteiger partial charge in [0.2, 0.25) is 5.91 Å². The molecular weight excluding hydrogens is 242 g/mol. The minimum absolute atomic E-state index is 0.0891. The molecule has 0 radical (unpaired) electrons. The van der Waals surface area contributed by atoms with E-state index < -0.39 is 5.60 Å². The third-order valence-electron chi connectivity index (χ3n) is 3.78. The Labute approximate surface area is 115 Å². The Hall–Kier alpha value is -1.12. The second-order valence-electron chi connectivity index (χ2n) is 5.67. The van der Waals surface area contributed by atoms with Gasteiger partial charge in [-0.15, -0.1) is 0 Å². The lowest BCUT2D eigenvalue weighted by molar-refractivity contribution is -0.130. The van der Waals surface area contributed by atoms with Crippen molar-refractivity contribution in [2.24, 2.45) is 0 Å². The molecule has 0 spiro atoms. The van der Waals surface area contributed by atoms with E-state index >= 15 is 0 Å². The minimum atomic E-state index is -0.553. The number of amides is 1. The Morgan fingerprint density at radius 1 is 1.47 bits per heavy atom. The maximum Gasteiger partial charge on any atom is 0.223 e. The first kappa shape index (κ1) is 15.9. The van der Waals surface area contributed by atoms with Crippen molar-refractivity contribution < 1.29 is 9.90 Å². The van der Waals surface area contributed by atoms with Crippen LogP contribution in [-0.4, -0.2) is 59.6 Å². The Kier molecular flexibility index (Phi) is 6.26. The molecule has 19 heavy (non-hydrogen) atoms. The molecule has 1 unspecified atom stereocenters. The quantitative estimate of drug-likeness (QED) is 0.806. The van der Waals surface area contributed by atoms with Crippen LogP contribution in [0.15, 0.2) is 0 Å². The number of carbonyl (C=O) groups excluding carboxylic acids is 1. The number of carbonyl (C=O) groups is 1. The molecule has 0 aliphatic carbocycles. The van der Waals surface area contributed by atoms with Crippen molar-refractivity contribution in [3.8, 4) is 6.07 Å². The van der Waals surface area contributed by atoms with Crippen LogP contribution >= 0.6 is 0 Å². The fourth-order valence-corrected chi connectivity index (χ4v) is 2.33. The molecule has 5 heteroatoms. The van der Waals surface area contributed by atoms with Gasteiger partial charge in [-0.25, -0.2) is 0 Å². The Morgan fingerprint density at radius 3 is 2.89 bits per heavy atom. The van der Waals surface area contributed by atoms with E-state index in [1.807, 2.05) is 13.0 Å². The highest BCUT2D eigenvalue weighted by atomic mass is 16.3. The Balaban J connectivity index is 2.28. The van der Waals surface area contributed by atoms with Gasteiger partial charge in [-0.3, -0.25) is 4.79 Å². The van der Waals surface area contributed by atoms with Crippen LogP contribution in [0.2, 0.25) is 0 Å². The van der Waals surface area contributed by atoms with Crippen molar-refractivity contribution >= 4 is 5.91 Å². The zero-order valence-corrected chi connectivity index (χ0v) is 12.1. The van der Waals surface area contributed by atoms with E-state index in [2.05, 4.69) is 4.90 Å². The van der Waals surface area contributed by atoms with E-state index in [1.165, 1.54) is 0 Å². The van der Waals surface area contributed by atoms with Gasteiger partial charge in [-0.2, -0.15) is 5.26 Å². The van der Waals surface area contributed by atoms with Gasteiger partial charge in [-0.1, -0.05) is 0 Å². The summed E-state index contributed by atoms with van der Waals surface area (Å²) < 4.78 is 0. The molecule has 1 saturated heterocycles. The van der Waals surface area contributed by atoms with Crippen LogP contribution in [-0.2, 0) is 4.79 Å². The molecule has 1 aliphatic heterocycles. The van der Waals surface area contributed by atoms with Crippen molar-refractivity contribution in [1.29, 1.82) is 5.26 Å². The molecule has 0 saturated carbocycles. The first-order chi connectivity index (χ1) is 8.94. The van der Waals surface area contributed by atoms with Crippen molar-refractivity contribution in [3.05, 3.63) is 0 Å². The molecule has 0 aromatic heterocycles. The van der Waals surface area contributed by atoms with Crippen LogP contribution in [0.4, 0.5) is 0 Å². The molecule has 1 atom stereocenters. The standard InChI is InChI=1S/C14H25N3O2/c1-14(19)6-3-10-17(12-7-14)11-5-13(18)16(2)9-4-8-15/h19H,3-7,9-12H2,1-2H3. The summed E-state index contributed by atoms with van der Waals surface area (Å²) in [5, 5.41) is 18.5. The zero-order chi connectivity index (χ0) is 14.3. The summed E-state index contributed by atoms with van der Waals surface area (Å²) in [6, 6.07) is 2.04. The third-order valence-corrected chi connectivity index (χ3v) is 3.78. The number of nitrogens with zero attached hydrogens (tertiary/aromatic N) is 3. The highest BCUT2D eigenvalue weighted by molar-refractivity contribution is 5.76. The predicted octanol–water partition coefficient (Wildman–Crippen LogP) is 0.985. The number of likely N-dealkylation sites (tertiary alicyclic amines) is 1. The van der Waals surface area contributed by atoms with E-state index in [4.69, 9.17) is 5.26 Å². The highest BCUT2D eigenvalue weighted by Crippen LogP contribution is 2.21. The van der Waals surface area contributed by atoms with E-state index in [1.54, 1.807) is 11.9 Å². The topological polar surface area (TPSA) is 67.6 Å². The van der Waals surface area contributed by atoms with Gasteiger partial charge in [0.05, 0.1) is 18.1 Å². The lowest BCUT2D eigenvalue weighted by atomic mass is 9.98. The first-order valence-corrected chi connectivity index (χ1v) is 7.00. The summed E-state index contributed by atoms with van der Waals surface area (Å²) in [7, 11) is 1.74. The molecule has 0 aromatic rings. The van der Waals surface area contributed by atoms with Crippen LogP contribution < -0.4 is 0 Å². The van der Waals surface area contributed by atoms with Crippen molar-refractivity contribution in [3.63, 3.8) is 0 Å². The number of aliphatic hydroxyl groups is 1. The average Bonchev–Trinajstić information content (AvgIpc) is 2.54. The molecule has 108 valence electrons. The van der Waals surface area contributed by atoms with Gasteiger partial charge in [0, 0.05) is 33.1 Å². The fourth-order valence-electron chi connectivity index (χ4n) is 2.33. The van der Waals surface area contributed by atoms with Gasteiger partial charge in [-0.05, 0) is 32.7 Å². The zero-order valence-electron chi connectivity index (χ0n) is 12.1. The van der Waals surface area contributed by atoms with Crippen LogP contribution in [0, 0.1) is 11.3 Å². The van der Waals surface area contributed by atoms with Crippen molar-refractivity contribution in [2.45, 2.75) is 44.6 Å². The normalized spacial score (nSPS) is 24.5. The van der Waals surface area contributed by atoms with Crippen molar-refractivity contribution in [2.75, 3.05) is 33.2 Å². The highest BCUT2D eigenvalue weighted by Gasteiger charge is 2.25. The number of nitriles is 1. The fraction of sp³-hybridized carbons (Fsp3) is 0.857. The SMILES string of the molecule is CN(CCC#N)C(=O)CCN1CCCC(C)(O)CC1. The van der Waals surface area contributed by atoms with Gasteiger partial charge < -0.3 is 14.9 Å². The van der Waals surface area contributed by atoms with E-state index in [9.17, 15) is 9.90 Å². The average molecular weight is 267 g/mol. The maximum atomic E-state index is 11.8. The summed E-state index contributed by atoms with van der Waals surface area (Å²) >= 11 is 0. The summed E-state index contributed by atoms with van der Waals surface area (Å²) in [4.78, 5) is 15.7. The van der Waals surface area contributed by atoms with Crippen LogP contribution in [0.3, 0.4) is 0 Å². The third kappa shape index (κ3) is 6.04. The smallest absolute Gasteiger partial charge is 0.223 e. The van der Waals surface area contributed by atoms with Gasteiger partial charge in [0.15, 0.2) is 0 Å². The Morgan fingerprint density at radius 2 is 2.21 bits per heavy atom. The summed E-state index contributed by atoms with van der Waals surface area (Å²) in [5.41, 5.74) is -0.553. The molecule has 0 bridgehead atoms. The molecule has 1 amide bonds. The second kappa shape index (κ2) is 7.46. The number of hydrogen-bond acceptors (Lipinski definition) is 4. The molecule has 1 rings (SSSR count). The molecule has 1 fully saturated rings. The predicted molar refractivity (Wildman–Crippen MR) is 73.4 cm³/mol. The monoisotopic (exact) mass is 267 g/mol. The molecule has 1 heterocycles. The van der Waals surface area contributed by atoms with E-state index in [0.717, 1.165) is 38.9 Å². The molecular formula is C14H25N3O2. The summed E-state index contributed by atoms with van der Waals surface area (Å²) in [6.07, 6.45) is 3.45. The van der Waals surface area contributed by atoms with Crippen LogP contribution in [0.5, 0.6) is 0 Å². The maximum absolute atomic E-state index is 11.8. The van der Waals surface area contributed by atoms with Crippen LogP contribution in [0.1, 0.15) is 39.0 Å². The van der Waals surface area contributed by atoms with E-state index in [-0.39, 0.29) is 5.91 Å². The largest absolute Gasteiger partial charge is 0.390 e. The molecule has 5 nitrogen and oxygen atoms in total. The van der Waals surface area contributed by atoms with Crippen LogP contribution in [0.25, 0.3) is 0 Å². The minimum Gasteiger partial charge on any atom is -0.390 e. The molecule has 1 N–H and O–H groups in total. The van der Waals surface area contributed by atoms with Gasteiger partial charge >= 0.3 is 0 Å². The Bertz CT molecular complexity index is 336. The number of hydrogen-bond donors (Lipinski definition) is 1. The van der Waals surface area contributed by atoms with Gasteiger partial charge in [0.1, 0.15) is 0 Å². The second-order valence-corrected chi connectivity index (χ2v) is 5.67. The lowest BCUT2D eigenvalue weighted by Crippen LogP contribution is -2.34.